The lowest BCUT2D eigenvalue weighted by molar-refractivity contribution is 0.236. The lowest BCUT2D eigenvalue weighted by Gasteiger charge is -2.31. The summed E-state index contributed by atoms with van der Waals surface area (Å²) in [6, 6.07) is 2.43. The fourth-order valence-corrected chi connectivity index (χ4v) is 2.82. The summed E-state index contributed by atoms with van der Waals surface area (Å²) in [6.45, 7) is 4.16. The van der Waals surface area contributed by atoms with Gasteiger partial charge in [0.2, 0.25) is 0 Å². The lowest BCUT2D eigenvalue weighted by atomic mass is 10.1. The summed E-state index contributed by atoms with van der Waals surface area (Å²) in [5.41, 5.74) is 7.10. The van der Waals surface area contributed by atoms with Crippen LogP contribution in [0.2, 0.25) is 0 Å². The van der Waals surface area contributed by atoms with Gasteiger partial charge in [-0.15, -0.1) is 11.3 Å². The maximum absolute atomic E-state index is 5.65. The van der Waals surface area contributed by atoms with Gasteiger partial charge in [-0.3, -0.25) is 4.90 Å². The highest BCUT2D eigenvalue weighted by molar-refractivity contribution is 7.80. The molecule has 0 bridgehead atoms. The van der Waals surface area contributed by atoms with Gasteiger partial charge in [0, 0.05) is 18.0 Å². The fourth-order valence-electron chi connectivity index (χ4n) is 1.78. The third kappa shape index (κ3) is 1.82. The molecule has 0 radical (unpaired) electrons. The maximum atomic E-state index is 5.65. The first-order valence-corrected chi connectivity index (χ1v) is 6.06. The molecule has 0 fully saturated rings. The predicted octanol–water partition coefficient (Wildman–Crippen LogP) is 1.78. The van der Waals surface area contributed by atoms with Crippen molar-refractivity contribution in [3.63, 3.8) is 0 Å². The van der Waals surface area contributed by atoms with Crippen LogP contribution in [0.15, 0.2) is 11.4 Å². The number of hydrogen-bond donors (Lipinski definition) is 1. The molecule has 1 unspecified atom stereocenters. The van der Waals surface area contributed by atoms with Gasteiger partial charge >= 0.3 is 0 Å². The number of rotatable bonds is 2. The van der Waals surface area contributed by atoms with Crippen molar-refractivity contribution in [1.82, 2.24) is 4.90 Å². The van der Waals surface area contributed by atoms with E-state index in [1.54, 1.807) is 0 Å². The van der Waals surface area contributed by atoms with Crippen molar-refractivity contribution in [2.24, 2.45) is 5.73 Å². The minimum Gasteiger partial charge on any atom is -0.392 e. The molecule has 1 aliphatic heterocycles. The van der Waals surface area contributed by atoms with Gasteiger partial charge in [-0.25, -0.2) is 0 Å². The molecule has 2 heterocycles. The number of hydrogen-bond acceptors (Lipinski definition) is 3. The Morgan fingerprint density at radius 1 is 1.71 bits per heavy atom. The number of fused-ring (bicyclic) bond motifs is 1. The van der Waals surface area contributed by atoms with Crippen molar-refractivity contribution < 1.29 is 0 Å². The van der Waals surface area contributed by atoms with Crippen LogP contribution in [-0.2, 0) is 13.0 Å². The molecule has 0 spiro atoms. The van der Waals surface area contributed by atoms with E-state index in [1.165, 1.54) is 10.4 Å². The molecule has 0 aliphatic carbocycles. The Morgan fingerprint density at radius 3 is 3.21 bits per heavy atom. The Hall–Kier alpha value is -0.450. The van der Waals surface area contributed by atoms with Crippen molar-refractivity contribution in [2.45, 2.75) is 25.9 Å². The van der Waals surface area contributed by atoms with Crippen LogP contribution in [0.1, 0.15) is 17.4 Å². The molecule has 0 saturated carbocycles. The smallest absolute Gasteiger partial charge is 0.0899 e. The summed E-state index contributed by atoms with van der Waals surface area (Å²) in [5.74, 6) is 0. The zero-order chi connectivity index (χ0) is 10.1. The van der Waals surface area contributed by atoms with Gasteiger partial charge in [0.1, 0.15) is 0 Å². The molecular weight excluding hydrogens is 212 g/mol. The van der Waals surface area contributed by atoms with Gasteiger partial charge in [-0.2, -0.15) is 0 Å². The van der Waals surface area contributed by atoms with Crippen LogP contribution in [0, 0.1) is 0 Å². The van der Waals surface area contributed by atoms with Gasteiger partial charge in [0.15, 0.2) is 0 Å². The quantitative estimate of drug-likeness (QED) is 0.780. The molecule has 14 heavy (non-hydrogen) atoms. The predicted molar refractivity (Wildman–Crippen MR) is 64.7 cm³/mol. The number of nitrogens with zero attached hydrogens (tertiary/aromatic N) is 1. The van der Waals surface area contributed by atoms with Crippen LogP contribution >= 0.6 is 23.6 Å². The normalized spacial score (nSPS) is 18.9. The van der Waals surface area contributed by atoms with Crippen LogP contribution in [0.5, 0.6) is 0 Å². The molecule has 0 amide bonds. The zero-order valence-electron chi connectivity index (χ0n) is 8.19. The third-order valence-electron chi connectivity index (χ3n) is 2.80. The van der Waals surface area contributed by atoms with Gasteiger partial charge in [-0.1, -0.05) is 12.2 Å². The Bertz CT molecular complexity index is 346. The first kappa shape index (κ1) is 10.1. The van der Waals surface area contributed by atoms with Crippen molar-refractivity contribution in [2.75, 3.05) is 6.54 Å². The molecule has 76 valence electrons. The van der Waals surface area contributed by atoms with Gasteiger partial charge < -0.3 is 5.73 Å². The summed E-state index contributed by atoms with van der Waals surface area (Å²) >= 11 is 6.87. The van der Waals surface area contributed by atoms with E-state index in [0.29, 0.717) is 4.99 Å². The number of nitrogens with two attached hydrogens (primary N) is 1. The SMILES string of the molecule is CC(C(N)=S)N1CCc2sccc2C1. The fraction of sp³-hybridized carbons (Fsp3) is 0.500. The number of thiocarbonyl (C=S) groups is 1. The van der Waals surface area contributed by atoms with Crippen LogP contribution < -0.4 is 5.73 Å². The molecule has 1 aromatic heterocycles. The van der Waals surface area contributed by atoms with Gasteiger partial charge in [0.05, 0.1) is 11.0 Å². The van der Waals surface area contributed by atoms with E-state index < -0.39 is 0 Å². The molecule has 2 N–H and O–H groups in total. The monoisotopic (exact) mass is 226 g/mol. The summed E-state index contributed by atoms with van der Waals surface area (Å²) in [5, 5.41) is 2.17. The maximum Gasteiger partial charge on any atom is 0.0899 e. The lowest BCUT2D eigenvalue weighted by Crippen LogP contribution is -2.43. The van der Waals surface area contributed by atoms with Crippen LogP contribution in [0.4, 0.5) is 0 Å². The molecule has 4 heteroatoms. The highest BCUT2D eigenvalue weighted by atomic mass is 32.1. The van der Waals surface area contributed by atoms with Crippen molar-refractivity contribution in [1.29, 1.82) is 0 Å². The van der Waals surface area contributed by atoms with Crippen LogP contribution in [-0.4, -0.2) is 22.5 Å². The first-order chi connectivity index (χ1) is 6.68. The Morgan fingerprint density at radius 2 is 2.50 bits per heavy atom. The molecule has 1 atom stereocenters. The van der Waals surface area contributed by atoms with Crippen molar-refractivity contribution in [3.05, 3.63) is 21.9 Å². The zero-order valence-corrected chi connectivity index (χ0v) is 9.83. The van der Waals surface area contributed by atoms with E-state index in [1.807, 2.05) is 11.3 Å². The van der Waals surface area contributed by atoms with Crippen molar-refractivity contribution in [3.8, 4) is 0 Å². The van der Waals surface area contributed by atoms with E-state index >= 15 is 0 Å². The Kier molecular flexibility index (Phi) is 2.85. The van der Waals surface area contributed by atoms with E-state index in [2.05, 4.69) is 23.3 Å². The van der Waals surface area contributed by atoms with Gasteiger partial charge in [0.25, 0.3) is 0 Å². The highest BCUT2D eigenvalue weighted by Gasteiger charge is 2.22. The highest BCUT2D eigenvalue weighted by Crippen LogP contribution is 2.24. The molecule has 0 aromatic carbocycles. The van der Waals surface area contributed by atoms with E-state index in [0.717, 1.165) is 19.5 Å². The first-order valence-electron chi connectivity index (χ1n) is 4.77. The minimum atomic E-state index is 0.220. The summed E-state index contributed by atoms with van der Waals surface area (Å²) in [4.78, 5) is 4.47. The third-order valence-corrected chi connectivity index (χ3v) is 4.16. The van der Waals surface area contributed by atoms with Gasteiger partial charge in [-0.05, 0) is 30.4 Å². The average molecular weight is 226 g/mol. The second kappa shape index (κ2) is 3.96. The van der Waals surface area contributed by atoms with Crippen LogP contribution in [0.25, 0.3) is 0 Å². The minimum absolute atomic E-state index is 0.220. The molecular formula is C10H14N2S2. The second-order valence-corrected chi connectivity index (χ2v) is 5.14. The second-order valence-electron chi connectivity index (χ2n) is 3.67. The van der Waals surface area contributed by atoms with E-state index in [9.17, 15) is 0 Å². The van der Waals surface area contributed by atoms with Crippen molar-refractivity contribution >= 4 is 28.5 Å². The number of thiophene rings is 1. The molecule has 0 saturated heterocycles. The molecule has 2 nitrogen and oxygen atoms in total. The Labute approximate surface area is 93.7 Å². The summed E-state index contributed by atoms with van der Waals surface area (Å²) < 4.78 is 0. The van der Waals surface area contributed by atoms with Crippen LogP contribution in [0.3, 0.4) is 0 Å². The van der Waals surface area contributed by atoms with E-state index in [4.69, 9.17) is 18.0 Å². The topological polar surface area (TPSA) is 29.3 Å². The largest absolute Gasteiger partial charge is 0.392 e. The average Bonchev–Trinajstić information content (AvgIpc) is 2.62. The summed E-state index contributed by atoms with van der Waals surface area (Å²) in [7, 11) is 0. The van der Waals surface area contributed by atoms with E-state index in [-0.39, 0.29) is 6.04 Å². The summed E-state index contributed by atoms with van der Waals surface area (Å²) in [6.07, 6.45) is 1.14. The molecule has 1 aromatic rings. The molecule has 1 aliphatic rings. The Balaban J connectivity index is 2.11. The molecule has 2 rings (SSSR count). The standard InChI is InChI=1S/C10H14N2S2/c1-7(10(11)13)12-4-2-9-8(6-12)3-5-14-9/h3,5,7H,2,4,6H2,1H3,(H2,11,13).